The fraction of sp³-hybridized carbons (Fsp3) is 0.200. The third-order valence-electron chi connectivity index (χ3n) is 2.88. The molecule has 0 saturated carbocycles. The molecule has 1 unspecified atom stereocenters. The predicted octanol–water partition coefficient (Wildman–Crippen LogP) is 5.40. The summed E-state index contributed by atoms with van der Waals surface area (Å²) in [6.07, 6.45) is 0.787. The van der Waals surface area contributed by atoms with Crippen LogP contribution in [0, 0.1) is 0 Å². The molecule has 0 heterocycles. The summed E-state index contributed by atoms with van der Waals surface area (Å²) in [5.41, 5.74) is 1.80. The van der Waals surface area contributed by atoms with E-state index in [1.807, 2.05) is 19.1 Å². The Balaban J connectivity index is 2.08. The quantitative estimate of drug-likeness (QED) is 0.787. The second-order valence-electron chi connectivity index (χ2n) is 4.66. The largest absolute Gasteiger partial charge is 0.508 e. The van der Waals surface area contributed by atoms with Crippen molar-refractivity contribution in [3.8, 4) is 5.75 Å². The highest BCUT2D eigenvalue weighted by Crippen LogP contribution is 2.34. The van der Waals surface area contributed by atoms with E-state index in [1.54, 1.807) is 24.3 Å². The minimum atomic E-state index is 0.135. The predicted molar refractivity (Wildman–Crippen MR) is 86.4 cm³/mol. The summed E-state index contributed by atoms with van der Waals surface area (Å²) in [6.45, 7) is 2.04. The first kappa shape index (κ1) is 15.3. The Morgan fingerprint density at radius 1 is 1.05 bits per heavy atom. The van der Waals surface area contributed by atoms with Crippen LogP contribution in [0.4, 0.5) is 5.69 Å². The molecule has 0 radical (unpaired) electrons. The Hall–Kier alpha value is -1.09. The topological polar surface area (TPSA) is 32.3 Å². The molecule has 2 nitrogen and oxygen atoms in total. The molecular weight excluding hydrogens is 317 g/mol. The maximum atomic E-state index is 9.26. The summed E-state index contributed by atoms with van der Waals surface area (Å²) < 4.78 is 0. The van der Waals surface area contributed by atoms with E-state index >= 15 is 0 Å². The van der Waals surface area contributed by atoms with Crippen molar-refractivity contribution in [1.29, 1.82) is 0 Å². The lowest BCUT2D eigenvalue weighted by Gasteiger charge is -2.18. The van der Waals surface area contributed by atoms with Crippen molar-refractivity contribution in [2.45, 2.75) is 19.4 Å². The Bertz CT molecular complexity index is 576. The van der Waals surface area contributed by atoms with Crippen LogP contribution in [0.15, 0.2) is 36.4 Å². The van der Waals surface area contributed by atoms with E-state index < -0.39 is 0 Å². The Morgan fingerprint density at radius 2 is 1.60 bits per heavy atom. The maximum absolute atomic E-state index is 9.26. The van der Waals surface area contributed by atoms with Gasteiger partial charge in [0, 0.05) is 11.1 Å². The van der Waals surface area contributed by atoms with E-state index in [-0.39, 0.29) is 11.8 Å². The number of phenolic OH excluding ortho intramolecular Hbond substituents is 1. The minimum absolute atomic E-state index is 0.135. The molecule has 2 aromatic rings. The Morgan fingerprint density at radius 3 is 2.15 bits per heavy atom. The van der Waals surface area contributed by atoms with Crippen LogP contribution in [0.2, 0.25) is 15.1 Å². The third-order valence-corrected chi connectivity index (χ3v) is 3.69. The maximum Gasteiger partial charge on any atom is 0.115 e. The summed E-state index contributed by atoms with van der Waals surface area (Å²) >= 11 is 18.2. The molecule has 0 aliphatic heterocycles. The van der Waals surface area contributed by atoms with E-state index in [0.29, 0.717) is 20.8 Å². The van der Waals surface area contributed by atoms with Crippen molar-refractivity contribution in [1.82, 2.24) is 0 Å². The zero-order valence-electron chi connectivity index (χ0n) is 10.8. The number of hydrogen-bond acceptors (Lipinski definition) is 2. The molecule has 1 atom stereocenters. The third kappa shape index (κ3) is 3.95. The highest BCUT2D eigenvalue weighted by Gasteiger charge is 2.11. The van der Waals surface area contributed by atoms with Gasteiger partial charge in [0.2, 0.25) is 0 Å². The molecule has 5 heteroatoms. The summed E-state index contributed by atoms with van der Waals surface area (Å²) in [4.78, 5) is 0. The van der Waals surface area contributed by atoms with Gasteiger partial charge in [0.15, 0.2) is 0 Å². The average molecular weight is 331 g/mol. The molecule has 2 aromatic carbocycles. The van der Waals surface area contributed by atoms with Gasteiger partial charge < -0.3 is 10.4 Å². The van der Waals surface area contributed by atoms with Crippen LogP contribution in [-0.2, 0) is 6.42 Å². The van der Waals surface area contributed by atoms with Crippen LogP contribution < -0.4 is 5.32 Å². The zero-order valence-corrected chi connectivity index (χ0v) is 13.1. The van der Waals surface area contributed by atoms with Gasteiger partial charge in [0.25, 0.3) is 0 Å². The molecule has 2 N–H and O–H groups in total. The first-order chi connectivity index (χ1) is 9.45. The molecular formula is C15H14Cl3NO. The van der Waals surface area contributed by atoms with E-state index in [0.717, 1.165) is 12.0 Å². The van der Waals surface area contributed by atoms with Crippen molar-refractivity contribution in [3.63, 3.8) is 0 Å². The van der Waals surface area contributed by atoms with Crippen LogP contribution in [0.25, 0.3) is 0 Å². The molecule has 0 aromatic heterocycles. The monoisotopic (exact) mass is 329 g/mol. The number of halogens is 3. The van der Waals surface area contributed by atoms with Gasteiger partial charge in [-0.05, 0) is 43.2 Å². The second-order valence-corrected chi connectivity index (χ2v) is 5.91. The van der Waals surface area contributed by atoms with Gasteiger partial charge in [-0.25, -0.2) is 0 Å². The molecule has 20 heavy (non-hydrogen) atoms. The van der Waals surface area contributed by atoms with Crippen LogP contribution in [0.1, 0.15) is 12.5 Å². The summed E-state index contributed by atoms with van der Waals surface area (Å²) in [5.74, 6) is 0.262. The van der Waals surface area contributed by atoms with Gasteiger partial charge in [-0.2, -0.15) is 0 Å². The van der Waals surface area contributed by atoms with Crippen molar-refractivity contribution in [2.24, 2.45) is 0 Å². The van der Waals surface area contributed by atoms with Gasteiger partial charge in [0.1, 0.15) is 5.75 Å². The summed E-state index contributed by atoms with van der Waals surface area (Å²) in [7, 11) is 0. The summed E-state index contributed by atoms with van der Waals surface area (Å²) in [6, 6.07) is 10.6. The number of benzene rings is 2. The lowest BCUT2D eigenvalue weighted by molar-refractivity contribution is 0.475. The number of anilines is 1. The fourth-order valence-corrected chi connectivity index (χ4v) is 2.89. The average Bonchev–Trinajstić information content (AvgIpc) is 2.36. The Labute approximate surface area is 133 Å². The second kappa shape index (κ2) is 6.57. The number of hydrogen-bond donors (Lipinski definition) is 2. The van der Waals surface area contributed by atoms with E-state index in [1.165, 1.54) is 0 Å². The van der Waals surface area contributed by atoms with Crippen LogP contribution in [0.5, 0.6) is 5.75 Å². The molecule has 0 spiro atoms. The molecule has 0 fully saturated rings. The van der Waals surface area contributed by atoms with Crippen molar-refractivity contribution in [3.05, 3.63) is 57.0 Å². The van der Waals surface area contributed by atoms with Crippen LogP contribution in [-0.4, -0.2) is 11.1 Å². The van der Waals surface area contributed by atoms with E-state index in [2.05, 4.69) is 5.32 Å². The first-order valence-corrected chi connectivity index (χ1v) is 7.28. The van der Waals surface area contributed by atoms with Crippen LogP contribution >= 0.6 is 34.8 Å². The highest BCUT2D eigenvalue weighted by molar-refractivity contribution is 6.41. The lowest BCUT2D eigenvalue weighted by atomic mass is 10.1. The van der Waals surface area contributed by atoms with Crippen LogP contribution in [0.3, 0.4) is 0 Å². The molecule has 0 aliphatic carbocycles. The molecule has 2 rings (SSSR count). The molecule has 0 saturated heterocycles. The highest BCUT2D eigenvalue weighted by atomic mass is 35.5. The summed E-state index contributed by atoms with van der Waals surface area (Å²) in [5, 5.41) is 14.1. The van der Waals surface area contributed by atoms with Gasteiger partial charge >= 0.3 is 0 Å². The van der Waals surface area contributed by atoms with Gasteiger partial charge in [-0.1, -0.05) is 46.9 Å². The van der Waals surface area contributed by atoms with Crippen molar-refractivity contribution in [2.75, 3.05) is 5.32 Å². The normalized spacial score (nSPS) is 12.2. The van der Waals surface area contributed by atoms with Crippen molar-refractivity contribution >= 4 is 40.5 Å². The molecule has 0 amide bonds. The van der Waals surface area contributed by atoms with Gasteiger partial charge in [0.05, 0.1) is 15.7 Å². The lowest BCUT2D eigenvalue weighted by Crippen LogP contribution is -2.18. The first-order valence-electron chi connectivity index (χ1n) is 6.14. The number of phenols is 1. The van der Waals surface area contributed by atoms with Gasteiger partial charge in [-0.3, -0.25) is 0 Å². The molecule has 106 valence electrons. The zero-order chi connectivity index (χ0) is 14.7. The SMILES string of the molecule is CC(Cc1ccc(O)cc1)Nc1c(Cl)cc(Cl)cc1Cl. The van der Waals surface area contributed by atoms with E-state index in [9.17, 15) is 5.11 Å². The number of nitrogens with one attached hydrogen (secondary N) is 1. The Kier molecular flexibility index (Phi) is 5.03. The number of aromatic hydroxyl groups is 1. The fourth-order valence-electron chi connectivity index (χ4n) is 1.96. The molecule has 0 aliphatic rings. The number of rotatable bonds is 4. The smallest absolute Gasteiger partial charge is 0.115 e. The standard InChI is InChI=1S/C15H14Cl3NO/c1-9(6-10-2-4-12(20)5-3-10)19-15-13(17)7-11(16)8-14(15)18/h2-5,7-9,19-20H,6H2,1H3. The molecule has 0 bridgehead atoms. The van der Waals surface area contributed by atoms with Crippen molar-refractivity contribution < 1.29 is 5.11 Å². The van der Waals surface area contributed by atoms with E-state index in [4.69, 9.17) is 34.8 Å². The van der Waals surface area contributed by atoms with Gasteiger partial charge in [-0.15, -0.1) is 0 Å². The minimum Gasteiger partial charge on any atom is -0.508 e.